The van der Waals surface area contributed by atoms with E-state index >= 15 is 0 Å². The third-order valence-electron chi connectivity index (χ3n) is 6.37. The van der Waals surface area contributed by atoms with Crippen LogP contribution in [-0.2, 0) is 9.59 Å². The summed E-state index contributed by atoms with van der Waals surface area (Å²) < 4.78 is 0. The molecule has 5 nitrogen and oxygen atoms in total. The molecule has 0 spiro atoms. The van der Waals surface area contributed by atoms with E-state index < -0.39 is 0 Å². The summed E-state index contributed by atoms with van der Waals surface area (Å²) in [5.41, 5.74) is 1.42. The number of likely N-dealkylation sites (tertiary alicyclic amines) is 2. The number of nitrogens with zero attached hydrogens (tertiary/aromatic N) is 3. The molecule has 1 unspecified atom stereocenters. The maximum atomic E-state index is 12.7. The third-order valence-corrected chi connectivity index (χ3v) is 6.37. The van der Waals surface area contributed by atoms with E-state index in [4.69, 9.17) is 0 Å². The van der Waals surface area contributed by atoms with Gasteiger partial charge in [-0.25, -0.2) is 0 Å². The highest BCUT2D eigenvalue weighted by molar-refractivity contribution is 5.86. The van der Waals surface area contributed by atoms with Gasteiger partial charge in [0, 0.05) is 38.4 Å². The van der Waals surface area contributed by atoms with Crippen LogP contribution in [0.2, 0.25) is 0 Å². The Morgan fingerprint density at radius 1 is 1.20 bits per heavy atom. The number of aromatic nitrogens is 1. The molecule has 2 aliphatic heterocycles. The van der Waals surface area contributed by atoms with Gasteiger partial charge in [-0.3, -0.25) is 14.6 Å². The van der Waals surface area contributed by atoms with E-state index in [1.165, 1.54) is 18.4 Å². The quantitative estimate of drug-likeness (QED) is 0.845. The molecule has 2 amide bonds. The van der Waals surface area contributed by atoms with Crippen LogP contribution in [0.3, 0.4) is 0 Å². The zero-order valence-electron chi connectivity index (χ0n) is 15.0. The van der Waals surface area contributed by atoms with Crippen molar-refractivity contribution >= 4 is 11.8 Å². The standard InChI is InChI=1S/C20H27N3O2/c1-20(17-2-3-17)12-18(24)23(14-20)13-19(25)22-10-6-16(7-11-22)15-4-8-21-9-5-15/h4-5,8-9,16-17H,2-3,6-7,10-14H2,1H3. The summed E-state index contributed by atoms with van der Waals surface area (Å²) in [6.07, 6.45) is 8.76. The highest BCUT2D eigenvalue weighted by Crippen LogP contribution is 2.50. The molecule has 1 saturated carbocycles. The lowest BCUT2D eigenvalue weighted by Crippen LogP contribution is -2.44. The normalized spacial score (nSPS) is 27.8. The summed E-state index contributed by atoms with van der Waals surface area (Å²) in [5.74, 6) is 1.47. The molecular weight excluding hydrogens is 314 g/mol. The van der Waals surface area contributed by atoms with Gasteiger partial charge in [0.05, 0.1) is 6.54 Å². The predicted octanol–water partition coefficient (Wildman–Crippen LogP) is 2.44. The van der Waals surface area contributed by atoms with E-state index in [0.717, 1.165) is 32.5 Å². The van der Waals surface area contributed by atoms with Crippen molar-refractivity contribution in [3.8, 4) is 0 Å². The Labute approximate surface area is 149 Å². The molecule has 0 aromatic carbocycles. The fraction of sp³-hybridized carbons (Fsp3) is 0.650. The van der Waals surface area contributed by atoms with Gasteiger partial charge in [-0.1, -0.05) is 6.92 Å². The number of rotatable bonds is 4. The molecule has 1 aromatic rings. The Morgan fingerprint density at radius 3 is 2.52 bits per heavy atom. The molecule has 3 fully saturated rings. The van der Waals surface area contributed by atoms with Crippen molar-refractivity contribution in [2.75, 3.05) is 26.2 Å². The molecule has 3 aliphatic rings. The monoisotopic (exact) mass is 341 g/mol. The van der Waals surface area contributed by atoms with Crippen LogP contribution >= 0.6 is 0 Å². The fourth-order valence-electron chi connectivity index (χ4n) is 4.60. The van der Waals surface area contributed by atoms with Crippen LogP contribution < -0.4 is 0 Å². The summed E-state index contributed by atoms with van der Waals surface area (Å²) in [6, 6.07) is 4.15. The predicted molar refractivity (Wildman–Crippen MR) is 94.8 cm³/mol. The summed E-state index contributed by atoms with van der Waals surface area (Å²) in [4.78, 5) is 32.8. The van der Waals surface area contributed by atoms with E-state index in [9.17, 15) is 9.59 Å². The number of carbonyl (C=O) groups is 2. The average molecular weight is 341 g/mol. The number of piperidine rings is 1. The van der Waals surface area contributed by atoms with Gasteiger partial charge in [-0.15, -0.1) is 0 Å². The second kappa shape index (κ2) is 6.43. The Balaban J connectivity index is 1.30. The van der Waals surface area contributed by atoms with Gasteiger partial charge in [0.1, 0.15) is 0 Å². The highest BCUT2D eigenvalue weighted by atomic mass is 16.2. The van der Waals surface area contributed by atoms with E-state index in [1.54, 1.807) is 4.90 Å². The van der Waals surface area contributed by atoms with E-state index in [0.29, 0.717) is 18.3 Å². The van der Waals surface area contributed by atoms with Crippen LogP contribution in [0.25, 0.3) is 0 Å². The molecule has 3 heterocycles. The van der Waals surface area contributed by atoms with Crippen molar-refractivity contribution in [2.45, 2.75) is 44.9 Å². The molecule has 5 heteroatoms. The van der Waals surface area contributed by atoms with Gasteiger partial charge < -0.3 is 9.80 Å². The maximum absolute atomic E-state index is 12.7. The van der Waals surface area contributed by atoms with Crippen molar-refractivity contribution in [3.05, 3.63) is 30.1 Å². The molecule has 1 atom stereocenters. The minimum atomic E-state index is 0.103. The molecule has 0 bridgehead atoms. The maximum Gasteiger partial charge on any atom is 0.242 e. The van der Waals surface area contributed by atoms with Gasteiger partial charge in [-0.05, 0) is 60.6 Å². The number of hydrogen-bond acceptors (Lipinski definition) is 3. The second-order valence-corrected chi connectivity index (χ2v) is 8.29. The molecule has 2 saturated heterocycles. The van der Waals surface area contributed by atoms with Crippen molar-refractivity contribution < 1.29 is 9.59 Å². The van der Waals surface area contributed by atoms with Crippen LogP contribution in [0.4, 0.5) is 0 Å². The molecule has 25 heavy (non-hydrogen) atoms. The first-order valence-corrected chi connectivity index (χ1v) is 9.51. The summed E-state index contributed by atoms with van der Waals surface area (Å²) >= 11 is 0. The van der Waals surface area contributed by atoms with Gasteiger partial charge in [0.15, 0.2) is 0 Å². The zero-order chi connectivity index (χ0) is 17.4. The van der Waals surface area contributed by atoms with Crippen LogP contribution in [0.15, 0.2) is 24.5 Å². The second-order valence-electron chi connectivity index (χ2n) is 8.29. The molecule has 4 rings (SSSR count). The smallest absolute Gasteiger partial charge is 0.242 e. The first-order valence-electron chi connectivity index (χ1n) is 9.51. The molecule has 1 aromatic heterocycles. The molecule has 134 valence electrons. The lowest BCUT2D eigenvalue weighted by atomic mass is 9.84. The molecule has 0 N–H and O–H groups in total. The lowest BCUT2D eigenvalue weighted by molar-refractivity contribution is -0.139. The summed E-state index contributed by atoms with van der Waals surface area (Å²) in [7, 11) is 0. The van der Waals surface area contributed by atoms with Gasteiger partial charge in [0.2, 0.25) is 11.8 Å². The Bertz CT molecular complexity index is 650. The van der Waals surface area contributed by atoms with Crippen molar-refractivity contribution in [1.82, 2.24) is 14.8 Å². The van der Waals surface area contributed by atoms with E-state index in [2.05, 4.69) is 24.0 Å². The fourth-order valence-corrected chi connectivity index (χ4v) is 4.60. The Morgan fingerprint density at radius 2 is 1.88 bits per heavy atom. The minimum absolute atomic E-state index is 0.103. The van der Waals surface area contributed by atoms with Gasteiger partial charge >= 0.3 is 0 Å². The minimum Gasteiger partial charge on any atom is -0.341 e. The number of hydrogen-bond donors (Lipinski definition) is 0. The summed E-state index contributed by atoms with van der Waals surface area (Å²) in [6.45, 7) is 4.81. The first-order chi connectivity index (χ1) is 12.0. The van der Waals surface area contributed by atoms with E-state index in [-0.39, 0.29) is 23.8 Å². The number of carbonyl (C=O) groups excluding carboxylic acids is 2. The topological polar surface area (TPSA) is 53.5 Å². The SMILES string of the molecule is CC1(C2CC2)CC(=O)N(CC(=O)N2CCC(c3ccncc3)CC2)C1. The summed E-state index contributed by atoms with van der Waals surface area (Å²) in [5, 5.41) is 0. The average Bonchev–Trinajstić information content (AvgIpc) is 3.44. The van der Waals surface area contributed by atoms with E-state index in [1.807, 2.05) is 17.3 Å². The molecule has 1 aliphatic carbocycles. The van der Waals surface area contributed by atoms with Crippen molar-refractivity contribution in [2.24, 2.45) is 11.3 Å². The largest absolute Gasteiger partial charge is 0.341 e. The Hall–Kier alpha value is -1.91. The van der Waals surface area contributed by atoms with Crippen molar-refractivity contribution in [3.63, 3.8) is 0 Å². The number of pyridine rings is 1. The van der Waals surface area contributed by atoms with Gasteiger partial charge in [0.25, 0.3) is 0 Å². The zero-order valence-corrected chi connectivity index (χ0v) is 15.0. The molecule has 0 radical (unpaired) electrons. The van der Waals surface area contributed by atoms with Crippen LogP contribution in [0.5, 0.6) is 0 Å². The van der Waals surface area contributed by atoms with Crippen molar-refractivity contribution in [1.29, 1.82) is 0 Å². The first kappa shape index (κ1) is 16.6. The molecular formula is C20H27N3O2. The Kier molecular flexibility index (Phi) is 4.26. The van der Waals surface area contributed by atoms with Crippen LogP contribution in [-0.4, -0.2) is 52.8 Å². The lowest BCUT2D eigenvalue weighted by Gasteiger charge is -2.33. The number of amides is 2. The van der Waals surface area contributed by atoms with Gasteiger partial charge in [-0.2, -0.15) is 0 Å². The highest BCUT2D eigenvalue weighted by Gasteiger charge is 2.49. The van der Waals surface area contributed by atoms with Crippen LogP contribution in [0, 0.1) is 11.3 Å². The van der Waals surface area contributed by atoms with Crippen LogP contribution in [0.1, 0.15) is 50.5 Å². The third kappa shape index (κ3) is 3.42.